The standard InChI is InChI=1S/C17H30O5Si/c1-4-8-15(18)20-12-6-10-17(3,14-22-23)11-7-13-21-16(19)9-5-2/h4-5,8-9H,6-7,10-14H2,1-3,23H3. The zero-order chi connectivity index (χ0) is 17.6. The fourth-order valence-electron chi connectivity index (χ4n) is 2.33. The number of carbonyl (C=O) groups is 2. The summed E-state index contributed by atoms with van der Waals surface area (Å²) in [5.41, 5.74) is 0.0156. The lowest BCUT2D eigenvalue weighted by Crippen LogP contribution is -2.24. The Morgan fingerprint density at radius 1 is 0.957 bits per heavy atom. The molecule has 0 saturated heterocycles. The van der Waals surface area contributed by atoms with Crippen molar-refractivity contribution in [2.45, 2.75) is 46.5 Å². The SMILES string of the molecule is CC=CC(=O)OCCCC(C)(CCCOC(=O)C=CC)CO[SiH3]. The van der Waals surface area contributed by atoms with Crippen LogP contribution in [0, 0.1) is 5.41 Å². The van der Waals surface area contributed by atoms with Gasteiger partial charge in [0.1, 0.15) is 10.5 Å². The van der Waals surface area contributed by atoms with E-state index in [9.17, 15) is 9.59 Å². The molecule has 5 nitrogen and oxygen atoms in total. The van der Waals surface area contributed by atoms with E-state index in [0.717, 1.165) is 25.7 Å². The minimum absolute atomic E-state index is 0.0156. The second-order valence-electron chi connectivity index (χ2n) is 5.79. The summed E-state index contributed by atoms with van der Waals surface area (Å²) in [5, 5.41) is 0. The molecule has 0 saturated carbocycles. The quantitative estimate of drug-likeness (QED) is 0.235. The van der Waals surface area contributed by atoms with Gasteiger partial charge in [0, 0.05) is 18.8 Å². The van der Waals surface area contributed by atoms with Crippen LogP contribution in [0.1, 0.15) is 46.5 Å². The Labute approximate surface area is 142 Å². The van der Waals surface area contributed by atoms with Crippen molar-refractivity contribution in [2.75, 3.05) is 19.8 Å². The van der Waals surface area contributed by atoms with Gasteiger partial charge in [-0.2, -0.15) is 0 Å². The molecular formula is C17H30O5Si. The summed E-state index contributed by atoms with van der Waals surface area (Å²) in [4.78, 5) is 22.5. The van der Waals surface area contributed by atoms with Crippen LogP contribution >= 0.6 is 0 Å². The van der Waals surface area contributed by atoms with E-state index in [2.05, 4.69) is 6.92 Å². The summed E-state index contributed by atoms with van der Waals surface area (Å²) >= 11 is 0. The van der Waals surface area contributed by atoms with Gasteiger partial charge in [-0.05, 0) is 44.9 Å². The molecule has 0 aliphatic carbocycles. The topological polar surface area (TPSA) is 61.8 Å². The summed E-state index contributed by atoms with van der Waals surface area (Å²) in [7, 11) is 0.696. The summed E-state index contributed by atoms with van der Waals surface area (Å²) < 4.78 is 15.7. The van der Waals surface area contributed by atoms with E-state index in [1.54, 1.807) is 26.0 Å². The summed E-state index contributed by atoms with van der Waals surface area (Å²) in [5.74, 6) is -0.603. The highest BCUT2D eigenvalue weighted by Crippen LogP contribution is 2.29. The first-order valence-corrected chi connectivity index (χ1v) is 8.87. The monoisotopic (exact) mass is 342 g/mol. The van der Waals surface area contributed by atoms with Gasteiger partial charge in [0.25, 0.3) is 0 Å². The molecule has 23 heavy (non-hydrogen) atoms. The third-order valence-electron chi connectivity index (χ3n) is 3.44. The summed E-state index contributed by atoms with van der Waals surface area (Å²) in [6.07, 6.45) is 9.56. The molecule has 0 atom stereocenters. The molecule has 0 aromatic rings. The molecule has 132 valence electrons. The predicted octanol–water partition coefficient (Wildman–Crippen LogP) is 2.09. The first-order chi connectivity index (χ1) is 11.0. The normalized spacial score (nSPS) is 14.2. The van der Waals surface area contributed by atoms with E-state index in [0.29, 0.717) is 30.3 Å². The fraction of sp³-hybridized carbons (Fsp3) is 0.647. The average molecular weight is 343 g/mol. The van der Waals surface area contributed by atoms with E-state index in [4.69, 9.17) is 13.9 Å². The van der Waals surface area contributed by atoms with Crippen LogP contribution in [0.3, 0.4) is 0 Å². The highest BCUT2D eigenvalue weighted by molar-refractivity contribution is 5.97. The van der Waals surface area contributed by atoms with Gasteiger partial charge in [-0.1, -0.05) is 19.1 Å². The Bertz CT molecular complexity index is 372. The largest absolute Gasteiger partial charge is 0.463 e. The van der Waals surface area contributed by atoms with E-state index in [-0.39, 0.29) is 17.4 Å². The molecule has 0 rings (SSSR count). The van der Waals surface area contributed by atoms with Crippen LogP contribution in [-0.4, -0.2) is 42.2 Å². The van der Waals surface area contributed by atoms with Crippen molar-refractivity contribution in [1.82, 2.24) is 0 Å². The Balaban J connectivity index is 4.08. The summed E-state index contributed by atoms with van der Waals surface area (Å²) in [6, 6.07) is 0. The smallest absolute Gasteiger partial charge is 0.330 e. The lowest BCUT2D eigenvalue weighted by molar-refractivity contribution is -0.138. The molecule has 0 radical (unpaired) electrons. The molecule has 0 unspecified atom stereocenters. The van der Waals surface area contributed by atoms with E-state index < -0.39 is 0 Å². The molecule has 0 N–H and O–H groups in total. The fourth-order valence-corrected chi connectivity index (χ4v) is 3.03. The van der Waals surface area contributed by atoms with Crippen molar-refractivity contribution in [3.8, 4) is 0 Å². The zero-order valence-corrected chi connectivity index (χ0v) is 16.8. The number of carbonyl (C=O) groups excluding carboxylic acids is 2. The number of ether oxygens (including phenoxy) is 2. The molecule has 0 heterocycles. The van der Waals surface area contributed by atoms with Crippen LogP contribution < -0.4 is 0 Å². The highest BCUT2D eigenvalue weighted by Gasteiger charge is 2.23. The number of hydrogen-bond acceptors (Lipinski definition) is 5. The van der Waals surface area contributed by atoms with Gasteiger partial charge < -0.3 is 13.9 Å². The molecule has 0 amide bonds. The Kier molecular flexibility index (Phi) is 12.3. The Morgan fingerprint density at radius 2 is 1.39 bits per heavy atom. The molecule has 0 spiro atoms. The van der Waals surface area contributed by atoms with Gasteiger partial charge >= 0.3 is 11.9 Å². The molecule has 6 heteroatoms. The van der Waals surface area contributed by atoms with Gasteiger partial charge in [-0.3, -0.25) is 0 Å². The number of rotatable bonds is 12. The van der Waals surface area contributed by atoms with Crippen molar-refractivity contribution in [3.63, 3.8) is 0 Å². The van der Waals surface area contributed by atoms with Crippen molar-refractivity contribution in [2.24, 2.45) is 5.41 Å². The molecule has 0 fully saturated rings. The van der Waals surface area contributed by atoms with Crippen molar-refractivity contribution in [3.05, 3.63) is 24.3 Å². The molecule has 0 aliphatic heterocycles. The highest BCUT2D eigenvalue weighted by atomic mass is 28.2. The Hall–Kier alpha value is -1.40. The second kappa shape index (κ2) is 13.1. The van der Waals surface area contributed by atoms with Crippen LogP contribution in [0.4, 0.5) is 0 Å². The third kappa shape index (κ3) is 11.8. The van der Waals surface area contributed by atoms with Gasteiger partial charge in [0.15, 0.2) is 0 Å². The van der Waals surface area contributed by atoms with Gasteiger partial charge in [-0.15, -0.1) is 0 Å². The lowest BCUT2D eigenvalue weighted by atomic mass is 9.82. The van der Waals surface area contributed by atoms with Crippen LogP contribution in [0.5, 0.6) is 0 Å². The van der Waals surface area contributed by atoms with Crippen LogP contribution in [0.2, 0.25) is 0 Å². The second-order valence-corrected chi connectivity index (χ2v) is 6.36. The average Bonchev–Trinajstić information content (AvgIpc) is 2.49. The maximum atomic E-state index is 11.2. The third-order valence-corrected chi connectivity index (χ3v) is 3.72. The van der Waals surface area contributed by atoms with Gasteiger partial charge in [-0.25, -0.2) is 9.59 Å². The van der Waals surface area contributed by atoms with Crippen molar-refractivity contribution < 1.29 is 23.5 Å². The maximum Gasteiger partial charge on any atom is 0.330 e. The molecular weight excluding hydrogens is 312 g/mol. The van der Waals surface area contributed by atoms with Gasteiger partial charge in [0.05, 0.1) is 13.2 Å². The lowest BCUT2D eigenvalue weighted by Gasteiger charge is -2.29. The minimum Gasteiger partial charge on any atom is -0.463 e. The van der Waals surface area contributed by atoms with Crippen LogP contribution in [0.25, 0.3) is 0 Å². The van der Waals surface area contributed by atoms with Crippen LogP contribution in [0.15, 0.2) is 24.3 Å². The van der Waals surface area contributed by atoms with Gasteiger partial charge in [0.2, 0.25) is 0 Å². The number of hydrogen-bond donors (Lipinski definition) is 0. The zero-order valence-electron chi connectivity index (χ0n) is 14.8. The van der Waals surface area contributed by atoms with Crippen molar-refractivity contribution in [1.29, 1.82) is 0 Å². The van der Waals surface area contributed by atoms with Crippen molar-refractivity contribution >= 4 is 22.4 Å². The number of allylic oxidation sites excluding steroid dienone is 2. The van der Waals surface area contributed by atoms with Crippen LogP contribution in [-0.2, 0) is 23.5 Å². The first kappa shape index (κ1) is 21.6. The predicted molar refractivity (Wildman–Crippen MR) is 94.0 cm³/mol. The van der Waals surface area contributed by atoms with E-state index in [1.165, 1.54) is 12.2 Å². The molecule has 0 bridgehead atoms. The number of esters is 2. The first-order valence-electron chi connectivity index (χ1n) is 8.05. The summed E-state index contributed by atoms with van der Waals surface area (Å²) in [6.45, 7) is 7.23. The molecule has 0 aromatic heterocycles. The van der Waals surface area contributed by atoms with E-state index >= 15 is 0 Å². The Morgan fingerprint density at radius 3 is 1.74 bits per heavy atom. The minimum atomic E-state index is -0.302. The van der Waals surface area contributed by atoms with E-state index in [1.807, 2.05) is 0 Å². The maximum absolute atomic E-state index is 11.2. The molecule has 0 aliphatic rings. The molecule has 0 aromatic carbocycles.